The smallest absolute Gasteiger partial charge is 0.251 e. The fourth-order valence-electron chi connectivity index (χ4n) is 1.95. The minimum atomic E-state index is -0.138. The molecule has 5 nitrogen and oxygen atoms in total. The second-order valence-corrected chi connectivity index (χ2v) is 3.99. The molecule has 4 N–H and O–H groups in total. The maximum absolute atomic E-state index is 11.8. The van der Waals surface area contributed by atoms with Crippen LogP contribution in [0.15, 0.2) is 18.2 Å². The zero-order valence-corrected chi connectivity index (χ0v) is 9.82. The van der Waals surface area contributed by atoms with Gasteiger partial charge in [0, 0.05) is 31.4 Å². The van der Waals surface area contributed by atoms with Crippen LogP contribution in [-0.2, 0) is 4.74 Å². The number of nitrogen functional groups attached to an aromatic ring is 1. The molecule has 1 fully saturated rings. The molecular weight excluding hydrogens is 218 g/mol. The molecule has 1 aliphatic heterocycles. The molecule has 1 amide bonds. The molecule has 92 valence electrons. The van der Waals surface area contributed by atoms with Crippen LogP contribution in [0.1, 0.15) is 22.0 Å². The van der Waals surface area contributed by atoms with Crippen LogP contribution in [0.5, 0.6) is 0 Å². The van der Waals surface area contributed by atoms with Gasteiger partial charge in [0.15, 0.2) is 0 Å². The number of hydrogen-bond donors (Lipinski definition) is 3. The van der Waals surface area contributed by atoms with Crippen LogP contribution in [0.4, 0.5) is 5.69 Å². The Morgan fingerprint density at radius 3 is 3.06 bits per heavy atom. The van der Waals surface area contributed by atoms with E-state index >= 15 is 0 Å². The van der Waals surface area contributed by atoms with Crippen molar-refractivity contribution in [1.29, 1.82) is 0 Å². The molecular formula is C12H17N3O2. The predicted molar refractivity (Wildman–Crippen MR) is 65.8 cm³/mol. The first-order valence-corrected chi connectivity index (χ1v) is 5.66. The summed E-state index contributed by atoms with van der Waals surface area (Å²) in [4.78, 5) is 11.8. The van der Waals surface area contributed by atoms with Gasteiger partial charge in [-0.25, -0.2) is 0 Å². The molecule has 1 unspecified atom stereocenters. The Labute approximate surface area is 100 Å². The molecule has 5 heteroatoms. The lowest BCUT2D eigenvalue weighted by molar-refractivity contribution is 0.0270. The second kappa shape index (κ2) is 5.16. The van der Waals surface area contributed by atoms with Crippen LogP contribution < -0.4 is 16.4 Å². The Balaban J connectivity index is 2.34. The lowest BCUT2D eigenvalue weighted by Gasteiger charge is -2.25. The average Bonchev–Trinajstić information content (AvgIpc) is 2.38. The van der Waals surface area contributed by atoms with Gasteiger partial charge in [-0.15, -0.1) is 0 Å². The highest BCUT2D eigenvalue weighted by Gasteiger charge is 2.21. The molecule has 0 saturated carbocycles. The number of nitrogens with two attached hydrogens (primary N) is 1. The molecule has 0 bridgehead atoms. The number of ether oxygens (including phenoxy) is 1. The van der Waals surface area contributed by atoms with E-state index in [9.17, 15) is 4.79 Å². The summed E-state index contributed by atoms with van der Waals surface area (Å²) in [5.74, 6) is -0.138. The predicted octanol–water partition coefficient (Wildman–Crippen LogP) is 0.289. The molecule has 1 aromatic carbocycles. The van der Waals surface area contributed by atoms with Crippen molar-refractivity contribution in [2.75, 3.05) is 32.5 Å². The molecule has 0 aromatic heterocycles. The number of amides is 1. The Morgan fingerprint density at radius 2 is 2.41 bits per heavy atom. The molecule has 1 heterocycles. The number of anilines is 1. The fourth-order valence-corrected chi connectivity index (χ4v) is 1.95. The van der Waals surface area contributed by atoms with E-state index in [1.54, 1.807) is 19.2 Å². The van der Waals surface area contributed by atoms with Gasteiger partial charge >= 0.3 is 0 Å². The molecule has 0 spiro atoms. The lowest BCUT2D eigenvalue weighted by Crippen LogP contribution is -2.34. The molecule has 0 radical (unpaired) electrons. The SMILES string of the molecule is CNC(=O)c1cc(N)ccc1C1CNCCO1. The molecule has 1 saturated heterocycles. The summed E-state index contributed by atoms with van der Waals surface area (Å²) in [6.07, 6.45) is -0.0864. The molecule has 0 aliphatic carbocycles. The Morgan fingerprint density at radius 1 is 1.59 bits per heavy atom. The Hall–Kier alpha value is -1.59. The van der Waals surface area contributed by atoms with Gasteiger partial charge in [0.05, 0.1) is 12.7 Å². The highest BCUT2D eigenvalue weighted by atomic mass is 16.5. The molecule has 2 rings (SSSR count). The van der Waals surface area contributed by atoms with Gasteiger partial charge in [-0.3, -0.25) is 4.79 Å². The van der Waals surface area contributed by atoms with E-state index in [4.69, 9.17) is 10.5 Å². The number of carbonyl (C=O) groups is 1. The van der Waals surface area contributed by atoms with Gasteiger partial charge in [0.2, 0.25) is 0 Å². The standard InChI is InChI=1S/C12H17N3O2/c1-14-12(16)10-6-8(13)2-3-9(10)11-7-15-4-5-17-11/h2-3,6,11,15H,4-5,7,13H2,1H3,(H,14,16). The average molecular weight is 235 g/mol. The molecule has 1 atom stereocenters. The van der Waals surface area contributed by atoms with Crippen molar-refractivity contribution in [2.45, 2.75) is 6.10 Å². The summed E-state index contributed by atoms with van der Waals surface area (Å²) in [7, 11) is 1.61. The minimum Gasteiger partial charge on any atom is -0.399 e. The minimum absolute atomic E-state index is 0.0864. The van der Waals surface area contributed by atoms with Crippen molar-refractivity contribution in [3.05, 3.63) is 29.3 Å². The second-order valence-electron chi connectivity index (χ2n) is 3.99. The van der Waals surface area contributed by atoms with E-state index in [2.05, 4.69) is 10.6 Å². The maximum Gasteiger partial charge on any atom is 0.251 e. The zero-order valence-electron chi connectivity index (χ0n) is 9.82. The van der Waals surface area contributed by atoms with E-state index in [1.165, 1.54) is 0 Å². The summed E-state index contributed by atoms with van der Waals surface area (Å²) in [6, 6.07) is 5.34. The fraction of sp³-hybridized carbons (Fsp3) is 0.417. The van der Waals surface area contributed by atoms with Crippen molar-refractivity contribution >= 4 is 11.6 Å². The van der Waals surface area contributed by atoms with Crippen molar-refractivity contribution in [1.82, 2.24) is 10.6 Å². The Kier molecular flexibility index (Phi) is 3.61. The van der Waals surface area contributed by atoms with Gasteiger partial charge < -0.3 is 21.1 Å². The summed E-state index contributed by atoms with van der Waals surface area (Å²) in [5.41, 5.74) is 7.76. The van der Waals surface area contributed by atoms with Gasteiger partial charge in [0.25, 0.3) is 5.91 Å². The van der Waals surface area contributed by atoms with E-state index < -0.39 is 0 Å². The number of rotatable bonds is 2. The van der Waals surface area contributed by atoms with Crippen LogP contribution in [0.2, 0.25) is 0 Å². The molecule has 1 aliphatic rings. The van der Waals surface area contributed by atoms with Gasteiger partial charge in [-0.05, 0) is 17.7 Å². The normalized spacial score (nSPS) is 19.9. The monoisotopic (exact) mass is 235 g/mol. The van der Waals surface area contributed by atoms with Gasteiger partial charge in [-0.2, -0.15) is 0 Å². The summed E-state index contributed by atoms with van der Waals surface area (Å²) < 4.78 is 5.66. The largest absolute Gasteiger partial charge is 0.399 e. The third kappa shape index (κ3) is 2.57. The molecule has 17 heavy (non-hydrogen) atoms. The summed E-state index contributed by atoms with van der Waals surface area (Å²) >= 11 is 0. The topological polar surface area (TPSA) is 76.4 Å². The summed E-state index contributed by atoms with van der Waals surface area (Å²) in [6.45, 7) is 2.22. The maximum atomic E-state index is 11.8. The third-order valence-corrected chi connectivity index (χ3v) is 2.82. The third-order valence-electron chi connectivity index (χ3n) is 2.82. The zero-order chi connectivity index (χ0) is 12.3. The van der Waals surface area contributed by atoms with Crippen LogP contribution in [-0.4, -0.2) is 32.7 Å². The quantitative estimate of drug-likeness (QED) is 0.644. The van der Waals surface area contributed by atoms with Crippen molar-refractivity contribution in [2.24, 2.45) is 0 Å². The van der Waals surface area contributed by atoms with Gasteiger partial charge in [-0.1, -0.05) is 6.07 Å². The van der Waals surface area contributed by atoms with E-state index in [0.717, 1.165) is 12.1 Å². The first-order chi connectivity index (χ1) is 8.22. The van der Waals surface area contributed by atoms with Crippen molar-refractivity contribution in [3.63, 3.8) is 0 Å². The number of carbonyl (C=O) groups excluding carboxylic acids is 1. The van der Waals surface area contributed by atoms with Crippen LogP contribution in [0.25, 0.3) is 0 Å². The first-order valence-electron chi connectivity index (χ1n) is 5.66. The van der Waals surface area contributed by atoms with Crippen LogP contribution >= 0.6 is 0 Å². The highest BCUT2D eigenvalue weighted by Crippen LogP contribution is 2.24. The van der Waals surface area contributed by atoms with Gasteiger partial charge in [0.1, 0.15) is 0 Å². The van der Waals surface area contributed by atoms with Crippen molar-refractivity contribution < 1.29 is 9.53 Å². The number of hydrogen-bond acceptors (Lipinski definition) is 4. The van der Waals surface area contributed by atoms with E-state index in [1.807, 2.05) is 6.07 Å². The first kappa shape index (κ1) is 11.9. The summed E-state index contributed by atoms with van der Waals surface area (Å²) in [5, 5.41) is 5.86. The van der Waals surface area contributed by atoms with Crippen LogP contribution in [0.3, 0.4) is 0 Å². The van der Waals surface area contributed by atoms with Crippen LogP contribution in [0, 0.1) is 0 Å². The van der Waals surface area contributed by atoms with Crippen molar-refractivity contribution in [3.8, 4) is 0 Å². The number of benzene rings is 1. The number of nitrogens with one attached hydrogen (secondary N) is 2. The van der Waals surface area contributed by atoms with E-state index in [-0.39, 0.29) is 12.0 Å². The molecule has 1 aromatic rings. The lowest BCUT2D eigenvalue weighted by atomic mass is 10.00. The highest BCUT2D eigenvalue weighted by molar-refractivity contribution is 5.96. The number of morpholine rings is 1. The Bertz CT molecular complexity index is 414. The van der Waals surface area contributed by atoms with E-state index in [0.29, 0.717) is 24.4 Å².